The van der Waals surface area contributed by atoms with Crippen LogP contribution in [0.5, 0.6) is 0 Å². The molecule has 0 aromatic carbocycles. The molecule has 4 heterocycles. The van der Waals surface area contributed by atoms with Crippen LogP contribution in [-0.2, 0) is 52.4 Å². The first-order chi connectivity index (χ1) is 29.5. The minimum Gasteiger partial charge on any atom is -0.464 e. The quantitative estimate of drug-likeness (QED) is 0.140. The maximum absolute atomic E-state index is 15.1. The van der Waals surface area contributed by atoms with Crippen molar-refractivity contribution >= 4 is 35.6 Å². The number of Topliss-reactive ketones (excluding diaryl/α,β-unsaturated/α-hetero) is 2. The summed E-state index contributed by atoms with van der Waals surface area (Å²) in [6.45, 7) is 11.1. The van der Waals surface area contributed by atoms with Crippen molar-refractivity contribution in [1.82, 2.24) is 4.90 Å². The molecule has 62 heavy (non-hydrogen) atoms. The Morgan fingerprint density at radius 2 is 1.73 bits per heavy atom. The summed E-state index contributed by atoms with van der Waals surface area (Å²) in [5.41, 5.74) is -0.423. The standard InChI is InChI=1S/C47H72N2O13/c1-9-59-40(52)27-60-35-14-12-13-33(15-16-35)24-30(4)41-32(6)36(50)26-37(51)34-17-19-48-46(45(55)61-41)18-10-11-20-49(46)44(54)43(53)47(56)31(5)25-39(58-8)42(62-47)38(57-7)23-29(3)21-28(2)22-34/h19,22,24,29,31-36,38-39,41-42,50,56H,9-18,20-21,23,25-27H2,1-8H3/b28-22+,30-24+,48-19-/t29-,31+,32+,33-,34+,35-,36-,38-,39-,41+,42+,46-,47+/m0/s1. The van der Waals surface area contributed by atoms with Gasteiger partial charge in [0.25, 0.3) is 11.7 Å². The van der Waals surface area contributed by atoms with Gasteiger partial charge >= 0.3 is 11.9 Å². The van der Waals surface area contributed by atoms with Crippen LogP contribution in [0, 0.1) is 29.6 Å². The molecule has 0 aromatic heterocycles. The minimum atomic E-state index is -2.57. The summed E-state index contributed by atoms with van der Waals surface area (Å²) >= 11 is 0. The Labute approximate surface area is 367 Å². The molecule has 2 saturated heterocycles. The van der Waals surface area contributed by atoms with Crippen molar-refractivity contribution < 1.29 is 62.6 Å². The Morgan fingerprint density at radius 3 is 2.44 bits per heavy atom. The monoisotopic (exact) mass is 873 g/mol. The van der Waals surface area contributed by atoms with Crippen molar-refractivity contribution in [3.63, 3.8) is 0 Å². The van der Waals surface area contributed by atoms with Gasteiger partial charge in [-0.15, -0.1) is 0 Å². The number of piperidine rings is 1. The minimum absolute atomic E-state index is 0.00240. The molecule has 4 aliphatic heterocycles. The van der Waals surface area contributed by atoms with Gasteiger partial charge in [0.1, 0.15) is 24.6 Å². The molecule has 1 spiro atoms. The van der Waals surface area contributed by atoms with Crippen LogP contribution in [0.4, 0.5) is 0 Å². The molecule has 348 valence electrons. The van der Waals surface area contributed by atoms with Gasteiger partial charge in [-0.3, -0.25) is 19.4 Å². The van der Waals surface area contributed by atoms with Gasteiger partial charge in [0.2, 0.25) is 11.4 Å². The second-order valence-electron chi connectivity index (χ2n) is 18.6. The van der Waals surface area contributed by atoms with Crippen LogP contribution >= 0.6 is 0 Å². The molecular formula is C47H72N2O13. The van der Waals surface area contributed by atoms with Gasteiger partial charge < -0.3 is 43.5 Å². The molecule has 13 atom stereocenters. The Balaban J connectivity index is 1.57. The number of fused-ring (bicyclic) bond motifs is 4. The number of allylic oxidation sites excluding steroid dienone is 3. The first-order valence-electron chi connectivity index (χ1n) is 22.9. The lowest BCUT2D eigenvalue weighted by Crippen LogP contribution is -2.67. The zero-order chi connectivity index (χ0) is 45.4. The Bertz CT molecular complexity index is 1700. The molecule has 4 bridgehead atoms. The zero-order valence-electron chi connectivity index (χ0n) is 38.2. The molecule has 2 N–H and O–H groups in total. The second kappa shape index (κ2) is 22.0. The molecule has 0 aromatic rings. The highest BCUT2D eigenvalue weighted by Gasteiger charge is 2.59. The number of esters is 2. The Kier molecular flexibility index (Phi) is 17.7. The molecule has 15 heteroatoms. The molecule has 5 rings (SSSR count). The number of ketones is 2. The number of methoxy groups -OCH3 is 2. The average Bonchev–Trinajstić information content (AvgIpc) is 3.47. The van der Waals surface area contributed by atoms with E-state index >= 15 is 4.79 Å². The number of carbonyl (C=O) groups is 5. The summed E-state index contributed by atoms with van der Waals surface area (Å²) in [5, 5.41) is 24.0. The van der Waals surface area contributed by atoms with E-state index in [1.807, 2.05) is 26.8 Å². The molecule has 1 aliphatic carbocycles. The van der Waals surface area contributed by atoms with Crippen LogP contribution in [0.2, 0.25) is 0 Å². The van der Waals surface area contributed by atoms with Crippen molar-refractivity contribution in [2.24, 2.45) is 34.6 Å². The third-order valence-electron chi connectivity index (χ3n) is 13.9. The Hall–Kier alpha value is -3.34. The van der Waals surface area contributed by atoms with Crippen molar-refractivity contribution in [1.29, 1.82) is 0 Å². The average molecular weight is 873 g/mol. The van der Waals surface area contributed by atoms with Gasteiger partial charge in [-0.2, -0.15) is 0 Å². The van der Waals surface area contributed by atoms with Crippen LogP contribution < -0.4 is 0 Å². The lowest BCUT2D eigenvalue weighted by atomic mass is 9.82. The van der Waals surface area contributed by atoms with E-state index in [9.17, 15) is 29.4 Å². The number of ether oxygens (including phenoxy) is 6. The van der Waals surface area contributed by atoms with Gasteiger partial charge in [-0.05, 0) is 102 Å². The van der Waals surface area contributed by atoms with E-state index in [0.29, 0.717) is 37.7 Å². The summed E-state index contributed by atoms with van der Waals surface area (Å²) in [5.74, 6) is -8.69. The predicted molar refractivity (Wildman–Crippen MR) is 229 cm³/mol. The number of cyclic esters (lactones) is 1. The van der Waals surface area contributed by atoms with Crippen molar-refractivity contribution in [3.8, 4) is 0 Å². The molecule has 1 saturated carbocycles. The van der Waals surface area contributed by atoms with E-state index in [0.717, 1.165) is 36.2 Å². The molecule has 0 radical (unpaired) electrons. The van der Waals surface area contributed by atoms with E-state index in [2.05, 4.69) is 6.08 Å². The van der Waals surface area contributed by atoms with Crippen LogP contribution in [-0.4, -0.2) is 133 Å². The topological polar surface area (TPSA) is 197 Å². The number of nitrogens with zero attached hydrogens (tertiary/aromatic N) is 2. The summed E-state index contributed by atoms with van der Waals surface area (Å²) in [4.78, 5) is 76.5. The second-order valence-corrected chi connectivity index (χ2v) is 18.6. The Morgan fingerprint density at radius 1 is 1.00 bits per heavy atom. The maximum Gasteiger partial charge on any atom is 0.355 e. The predicted octanol–water partition coefficient (Wildman–Crippen LogP) is 5.22. The normalized spacial score (nSPS) is 39.9. The summed E-state index contributed by atoms with van der Waals surface area (Å²) < 4.78 is 35.4. The SMILES string of the molecule is CCOC(=O)CO[C@H]1CCC[C@H](/C=C(\C)[C@H]2OC(=O)[C@]34CCCCN3C(=O)C(=O)[C@]3(O)O[C@H]([C@@H](OC)C[C@@H](C)C/C(C)=C/[C@@H](C/C=N\4)C(=O)C[C@H](O)[C@H]2C)[C@@H](OC)C[C@H]3C)CC1. The van der Waals surface area contributed by atoms with E-state index in [4.69, 9.17) is 33.4 Å². The molecule has 3 fully saturated rings. The fourth-order valence-corrected chi connectivity index (χ4v) is 10.2. The van der Waals surface area contributed by atoms with E-state index in [1.54, 1.807) is 20.8 Å². The fraction of sp³-hybridized carbons (Fsp3) is 0.787. The lowest BCUT2D eigenvalue weighted by Gasteiger charge is -2.48. The van der Waals surface area contributed by atoms with Crippen LogP contribution in [0.1, 0.15) is 125 Å². The maximum atomic E-state index is 15.1. The number of aliphatic hydroxyl groups is 2. The van der Waals surface area contributed by atoms with Crippen molar-refractivity contribution in [3.05, 3.63) is 23.3 Å². The molecule has 15 nitrogen and oxygen atoms in total. The highest BCUT2D eigenvalue weighted by atomic mass is 16.7. The molecule has 5 aliphatic rings. The summed E-state index contributed by atoms with van der Waals surface area (Å²) in [6, 6.07) is 0. The fourth-order valence-electron chi connectivity index (χ4n) is 10.2. The number of aliphatic hydroxyl groups excluding tert-OH is 1. The molecule has 1 amide bonds. The van der Waals surface area contributed by atoms with Crippen molar-refractivity contribution in [2.45, 2.75) is 173 Å². The van der Waals surface area contributed by atoms with Crippen LogP contribution in [0.25, 0.3) is 0 Å². The first kappa shape index (κ1) is 49.7. The highest BCUT2D eigenvalue weighted by Crippen LogP contribution is 2.41. The van der Waals surface area contributed by atoms with Crippen LogP contribution in [0.15, 0.2) is 28.3 Å². The smallest absolute Gasteiger partial charge is 0.355 e. The van der Waals surface area contributed by atoms with Gasteiger partial charge in [0.05, 0.1) is 31.0 Å². The number of hydrogen-bond donors (Lipinski definition) is 2. The summed E-state index contributed by atoms with van der Waals surface area (Å²) in [6.07, 6.45) is 6.90. The van der Waals surface area contributed by atoms with Gasteiger partial charge in [-0.1, -0.05) is 44.9 Å². The zero-order valence-corrected chi connectivity index (χ0v) is 38.2. The number of carbonyl (C=O) groups excluding carboxylic acids is 5. The van der Waals surface area contributed by atoms with Gasteiger partial charge in [0.15, 0.2) is 0 Å². The number of hydrogen-bond acceptors (Lipinski definition) is 14. The molecular weight excluding hydrogens is 801 g/mol. The number of aliphatic imine (C=N–C) groups is 1. The van der Waals surface area contributed by atoms with Gasteiger partial charge in [0, 0.05) is 57.6 Å². The first-order valence-corrected chi connectivity index (χ1v) is 22.9. The van der Waals surface area contributed by atoms with Crippen molar-refractivity contribution in [2.75, 3.05) is 34.0 Å². The highest BCUT2D eigenvalue weighted by molar-refractivity contribution is 6.39. The van der Waals surface area contributed by atoms with E-state index in [-0.39, 0.29) is 69.2 Å². The number of amides is 1. The third kappa shape index (κ3) is 11.5. The summed E-state index contributed by atoms with van der Waals surface area (Å²) in [7, 11) is 3.05. The van der Waals surface area contributed by atoms with Crippen LogP contribution in [0.3, 0.4) is 0 Å². The third-order valence-corrected chi connectivity index (χ3v) is 13.9. The van der Waals surface area contributed by atoms with Gasteiger partial charge in [-0.25, -0.2) is 9.59 Å². The largest absolute Gasteiger partial charge is 0.464 e. The van der Waals surface area contributed by atoms with E-state index in [1.165, 1.54) is 20.4 Å². The molecule has 0 unspecified atom stereocenters. The lowest BCUT2D eigenvalue weighted by molar-refractivity contribution is -0.302. The van der Waals surface area contributed by atoms with E-state index < -0.39 is 83.4 Å². The number of rotatable bonds is 8.